The second kappa shape index (κ2) is 10.9. The van der Waals surface area contributed by atoms with Gasteiger partial charge in [0.2, 0.25) is 0 Å². The first kappa shape index (κ1) is 20.4. The third-order valence-electron chi connectivity index (χ3n) is 5.42. The van der Waals surface area contributed by atoms with Gasteiger partial charge in [0.15, 0.2) is 0 Å². The van der Waals surface area contributed by atoms with Gasteiger partial charge in [0.25, 0.3) is 0 Å². The maximum atomic E-state index is 6.03. The van der Waals surface area contributed by atoms with E-state index in [-0.39, 0.29) is 0 Å². The fourth-order valence-electron chi connectivity index (χ4n) is 3.65. The van der Waals surface area contributed by atoms with E-state index in [1.165, 1.54) is 16.7 Å². The Kier molecular flexibility index (Phi) is 7.93. The van der Waals surface area contributed by atoms with E-state index in [1.807, 2.05) is 0 Å². The van der Waals surface area contributed by atoms with Crippen LogP contribution in [-0.4, -0.2) is 18.0 Å². The summed E-state index contributed by atoms with van der Waals surface area (Å²) in [5.41, 5.74) is 4.27. The second-order valence-corrected chi connectivity index (χ2v) is 7.49. The third kappa shape index (κ3) is 6.38. The lowest BCUT2D eigenvalue weighted by molar-refractivity contribution is 0.265. The molecule has 0 aliphatic carbocycles. The maximum absolute atomic E-state index is 6.03. The molecule has 0 saturated carbocycles. The SMILES string of the molecule is CCN(CC)Cc1ccc(CCCc2cccc(CCc3ccccc3)c2)o1. The molecule has 0 aliphatic rings. The summed E-state index contributed by atoms with van der Waals surface area (Å²) < 4.78 is 6.03. The lowest BCUT2D eigenvalue weighted by atomic mass is 10.0. The second-order valence-electron chi connectivity index (χ2n) is 7.49. The summed E-state index contributed by atoms with van der Waals surface area (Å²) in [6, 6.07) is 24.1. The Hall–Kier alpha value is -2.32. The molecule has 0 N–H and O–H groups in total. The topological polar surface area (TPSA) is 16.4 Å². The van der Waals surface area contributed by atoms with E-state index in [4.69, 9.17) is 4.42 Å². The molecule has 0 aliphatic heterocycles. The van der Waals surface area contributed by atoms with Crippen LogP contribution in [0.1, 0.15) is 48.5 Å². The first-order chi connectivity index (χ1) is 13.8. The molecular weight excluding hydrogens is 342 g/mol. The molecule has 0 amide bonds. The summed E-state index contributed by atoms with van der Waals surface area (Å²) in [4.78, 5) is 2.38. The van der Waals surface area contributed by atoms with Crippen molar-refractivity contribution in [2.75, 3.05) is 13.1 Å². The predicted octanol–water partition coefficient (Wildman–Crippen LogP) is 6.08. The summed E-state index contributed by atoms with van der Waals surface area (Å²) >= 11 is 0. The maximum Gasteiger partial charge on any atom is 0.118 e. The van der Waals surface area contributed by atoms with Crippen LogP contribution < -0.4 is 0 Å². The van der Waals surface area contributed by atoms with E-state index >= 15 is 0 Å². The zero-order valence-electron chi connectivity index (χ0n) is 17.4. The highest BCUT2D eigenvalue weighted by atomic mass is 16.3. The minimum absolute atomic E-state index is 0.913. The molecule has 0 saturated heterocycles. The highest BCUT2D eigenvalue weighted by Gasteiger charge is 2.06. The minimum Gasteiger partial charge on any atom is -0.465 e. The Morgan fingerprint density at radius 1 is 0.643 bits per heavy atom. The van der Waals surface area contributed by atoms with Crippen LogP contribution in [0.4, 0.5) is 0 Å². The molecule has 2 aromatic carbocycles. The third-order valence-corrected chi connectivity index (χ3v) is 5.42. The lowest BCUT2D eigenvalue weighted by Crippen LogP contribution is -2.21. The molecule has 2 heteroatoms. The van der Waals surface area contributed by atoms with E-state index in [0.29, 0.717) is 0 Å². The van der Waals surface area contributed by atoms with Crippen molar-refractivity contribution in [1.29, 1.82) is 0 Å². The summed E-state index contributed by atoms with van der Waals surface area (Å²) in [5.74, 6) is 2.20. The van der Waals surface area contributed by atoms with Crippen LogP contribution in [0.25, 0.3) is 0 Å². The molecule has 3 aromatic rings. The molecule has 148 valence electrons. The van der Waals surface area contributed by atoms with Gasteiger partial charge in [0.05, 0.1) is 6.54 Å². The Morgan fingerprint density at radius 2 is 1.29 bits per heavy atom. The molecule has 0 radical (unpaired) electrons. The Bertz CT molecular complexity index is 817. The van der Waals surface area contributed by atoms with E-state index in [1.54, 1.807) is 0 Å². The van der Waals surface area contributed by atoms with Crippen LogP contribution in [-0.2, 0) is 32.2 Å². The molecule has 0 spiro atoms. The van der Waals surface area contributed by atoms with Crippen molar-refractivity contribution in [3.63, 3.8) is 0 Å². The summed E-state index contributed by atoms with van der Waals surface area (Å²) in [7, 11) is 0. The fourth-order valence-corrected chi connectivity index (χ4v) is 3.65. The van der Waals surface area contributed by atoms with Crippen LogP contribution >= 0.6 is 0 Å². The van der Waals surface area contributed by atoms with Crippen molar-refractivity contribution in [1.82, 2.24) is 4.90 Å². The Balaban J connectivity index is 1.45. The average Bonchev–Trinajstić information content (AvgIpc) is 3.19. The molecule has 0 bridgehead atoms. The molecule has 0 atom stereocenters. The highest BCUT2D eigenvalue weighted by molar-refractivity contribution is 5.25. The zero-order chi connectivity index (χ0) is 19.6. The van der Waals surface area contributed by atoms with Gasteiger partial charge in [-0.3, -0.25) is 4.90 Å². The van der Waals surface area contributed by atoms with Crippen molar-refractivity contribution in [2.24, 2.45) is 0 Å². The number of hydrogen-bond donors (Lipinski definition) is 0. The number of benzene rings is 2. The summed E-state index contributed by atoms with van der Waals surface area (Å²) in [6.07, 6.45) is 5.44. The van der Waals surface area contributed by atoms with Crippen molar-refractivity contribution < 1.29 is 4.42 Å². The van der Waals surface area contributed by atoms with Gasteiger partial charge in [-0.1, -0.05) is 68.4 Å². The lowest BCUT2D eigenvalue weighted by Gasteiger charge is -2.15. The molecule has 1 aromatic heterocycles. The first-order valence-electron chi connectivity index (χ1n) is 10.7. The molecule has 2 nitrogen and oxygen atoms in total. The largest absolute Gasteiger partial charge is 0.465 e. The number of aryl methyl sites for hydroxylation is 4. The normalized spacial score (nSPS) is 11.2. The van der Waals surface area contributed by atoms with Gasteiger partial charge in [0.1, 0.15) is 11.5 Å². The van der Waals surface area contributed by atoms with Crippen LogP contribution in [0, 0.1) is 0 Å². The molecule has 28 heavy (non-hydrogen) atoms. The fraction of sp³-hybridized carbons (Fsp3) is 0.385. The van der Waals surface area contributed by atoms with Gasteiger partial charge in [0, 0.05) is 6.42 Å². The van der Waals surface area contributed by atoms with E-state index in [0.717, 1.165) is 63.3 Å². The van der Waals surface area contributed by atoms with E-state index in [2.05, 4.69) is 85.5 Å². The Labute approximate surface area is 170 Å². The molecular formula is C26H33NO. The van der Waals surface area contributed by atoms with E-state index < -0.39 is 0 Å². The molecule has 1 heterocycles. The number of hydrogen-bond acceptors (Lipinski definition) is 2. The van der Waals surface area contributed by atoms with Crippen molar-refractivity contribution in [3.05, 3.63) is 94.9 Å². The quantitative estimate of drug-likeness (QED) is 0.404. The van der Waals surface area contributed by atoms with Gasteiger partial charge in [-0.25, -0.2) is 0 Å². The number of rotatable bonds is 11. The van der Waals surface area contributed by atoms with Crippen LogP contribution in [0.15, 0.2) is 71.1 Å². The van der Waals surface area contributed by atoms with Gasteiger partial charge in [-0.05, 0) is 67.6 Å². The number of furan rings is 1. The highest BCUT2D eigenvalue weighted by Crippen LogP contribution is 2.15. The predicted molar refractivity (Wildman–Crippen MR) is 118 cm³/mol. The van der Waals surface area contributed by atoms with Crippen LogP contribution in [0.2, 0.25) is 0 Å². The minimum atomic E-state index is 0.913. The summed E-state index contributed by atoms with van der Waals surface area (Å²) in [5, 5.41) is 0. The number of nitrogens with zero attached hydrogens (tertiary/aromatic N) is 1. The van der Waals surface area contributed by atoms with Crippen LogP contribution in [0.3, 0.4) is 0 Å². The zero-order valence-corrected chi connectivity index (χ0v) is 17.4. The van der Waals surface area contributed by atoms with Gasteiger partial charge >= 0.3 is 0 Å². The molecule has 0 fully saturated rings. The monoisotopic (exact) mass is 375 g/mol. The van der Waals surface area contributed by atoms with Crippen LogP contribution in [0.5, 0.6) is 0 Å². The van der Waals surface area contributed by atoms with Gasteiger partial charge < -0.3 is 4.42 Å². The van der Waals surface area contributed by atoms with Crippen molar-refractivity contribution in [3.8, 4) is 0 Å². The Morgan fingerprint density at radius 3 is 2.04 bits per heavy atom. The van der Waals surface area contributed by atoms with Crippen molar-refractivity contribution >= 4 is 0 Å². The first-order valence-corrected chi connectivity index (χ1v) is 10.7. The average molecular weight is 376 g/mol. The van der Waals surface area contributed by atoms with E-state index in [9.17, 15) is 0 Å². The molecule has 3 rings (SSSR count). The smallest absolute Gasteiger partial charge is 0.118 e. The van der Waals surface area contributed by atoms with Gasteiger partial charge in [-0.15, -0.1) is 0 Å². The van der Waals surface area contributed by atoms with Crippen molar-refractivity contribution in [2.45, 2.75) is 52.5 Å². The van der Waals surface area contributed by atoms with Gasteiger partial charge in [-0.2, -0.15) is 0 Å². The standard InChI is InChI=1S/C26H33NO/c1-3-27(4-2)21-26-19-18-25(28-26)15-9-14-23-12-8-13-24(20-23)17-16-22-10-6-5-7-11-22/h5-8,10-13,18-20H,3-4,9,14-17,21H2,1-2H3. The molecule has 0 unspecified atom stereocenters. The summed E-state index contributed by atoms with van der Waals surface area (Å²) in [6.45, 7) is 7.43.